The van der Waals surface area contributed by atoms with E-state index in [1.54, 1.807) is 0 Å². The summed E-state index contributed by atoms with van der Waals surface area (Å²) in [5.74, 6) is 0. The van der Waals surface area contributed by atoms with Gasteiger partial charge in [-0.25, -0.2) is 4.79 Å². The number of hydrogen-bond acceptors (Lipinski definition) is 6. The van der Waals surface area contributed by atoms with Crippen molar-refractivity contribution in [3.8, 4) is 0 Å². The average molecular weight is 376 g/mol. The highest BCUT2D eigenvalue weighted by molar-refractivity contribution is 5.74. The Kier molecular flexibility index (Phi) is 5.49. The lowest BCUT2D eigenvalue weighted by Crippen LogP contribution is -2.67. The fourth-order valence-electron chi connectivity index (χ4n) is 4.25. The van der Waals surface area contributed by atoms with Crippen molar-refractivity contribution in [2.75, 3.05) is 44.2 Å². The van der Waals surface area contributed by atoms with Crippen LogP contribution in [0.15, 0.2) is 30.3 Å². The number of nitrogens with zero attached hydrogens (tertiary/aromatic N) is 2. The van der Waals surface area contributed by atoms with Gasteiger partial charge in [-0.2, -0.15) is 0 Å². The third-order valence-electron chi connectivity index (χ3n) is 5.62. The van der Waals surface area contributed by atoms with Crippen molar-refractivity contribution in [2.24, 2.45) is 0 Å². The number of aliphatic hydroxyl groups is 1. The van der Waals surface area contributed by atoms with E-state index in [0.29, 0.717) is 13.2 Å². The van der Waals surface area contributed by atoms with Crippen molar-refractivity contribution in [2.45, 2.75) is 37.5 Å². The molecule has 2 amide bonds. The van der Waals surface area contributed by atoms with E-state index >= 15 is 0 Å². The Morgan fingerprint density at radius 2 is 1.96 bits per heavy atom. The van der Waals surface area contributed by atoms with Crippen LogP contribution in [0.1, 0.15) is 6.92 Å². The molecule has 0 aliphatic carbocycles. The molecule has 1 aromatic carbocycles. The van der Waals surface area contributed by atoms with Crippen molar-refractivity contribution in [1.29, 1.82) is 0 Å². The van der Waals surface area contributed by atoms with Crippen LogP contribution in [0.3, 0.4) is 0 Å². The number of piperazine rings is 1. The molecule has 2 bridgehead atoms. The third-order valence-corrected chi connectivity index (χ3v) is 5.62. The molecule has 3 fully saturated rings. The molecule has 1 aromatic rings. The Bertz CT molecular complexity index is 638. The van der Waals surface area contributed by atoms with Crippen LogP contribution in [0, 0.1) is 0 Å². The first-order valence-corrected chi connectivity index (χ1v) is 9.71. The highest BCUT2D eigenvalue weighted by atomic mass is 16.7. The van der Waals surface area contributed by atoms with E-state index in [1.807, 2.05) is 25.1 Å². The topological polar surface area (TPSA) is 86.3 Å². The van der Waals surface area contributed by atoms with Crippen LogP contribution < -0.4 is 15.5 Å². The minimum Gasteiger partial charge on any atom is -0.389 e. The predicted octanol–water partition coefficient (Wildman–Crippen LogP) is -0.0191. The summed E-state index contributed by atoms with van der Waals surface area (Å²) in [6, 6.07) is 9.29. The van der Waals surface area contributed by atoms with E-state index in [1.165, 1.54) is 5.69 Å². The van der Waals surface area contributed by atoms with Crippen molar-refractivity contribution in [3.63, 3.8) is 0 Å². The maximum Gasteiger partial charge on any atom is 0.315 e. The summed E-state index contributed by atoms with van der Waals surface area (Å²) < 4.78 is 11.7. The lowest BCUT2D eigenvalue weighted by molar-refractivity contribution is -0.181. The number of ether oxygens (including phenoxy) is 2. The van der Waals surface area contributed by atoms with E-state index < -0.39 is 18.4 Å². The lowest BCUT2D eigenvalue weighted by Gasteiger charge is -2.46. The van der Waals surface area contributed by atoms with E-state index in [9.17, 15) is 9.90 Å². The minimum absolute atomic E-state index is 0.284. The Balaban J connectivity index is 1.41. The van der Waals surface area contributed by atoms with Gasteiger partial charge in [-0.3, -0.25) is 4.90 Å². The number of carbonyl (C=O) groups is 1. The van der Waals surface area contributed by atoms with Gasteiger partial charge >= 0.3 is 6.03 Å². The Hall–Kier alpha value is -1.87. The molecule has 4 rings (SSSR count). The summed E-state index contributed by atoms with van der Waals surface area (Å²) in [6.45, 7) is 6.13. The van der Waals surface area contributed by atoms with Crippen molar-refractivity contribution in [1.82, 2.24) is 15.5 Å². The second-order valence-electron chi connectivity index (χ2n) is 7.25. The third kappa shape index (κ3) is 3.75. The largest absolute Gasteiger partial charge is 0.389 e. The van der Waals surface area contributed by atoms with E-state index in [0.717, 1.165) is 26.2 Å². The molecule has 0 saturated carbocycles. The fraction of sp³-hybridized carbons (Fsp3) is 0.632. The zero-order valence-electron chi connectivity index (χ0n) is 15.6. The van der Waals surface area contributed by atoms with Gasteiger partial charge in [0.1, 0.15) is 6.10 Å². The molecule has 3 saturated heterocycles. The Morgan fingerprint density at radius 3 is 2.67 bits per heavy atom. The number of carbonyl (C=O) groups excluding carboxylic acids is 1. The van der Waals surface area contributed by atoms with Crippen LogP contribution in [-0.2, 0) is 9.47 Å². The van der Waals surface area contributed by atoms with Crippen LogP contribution in [0.2, 0.25) is 0 Å². The summed E-state index contributed by atoms with van der Waals surface area (Å²) in [5.41, 5.74) is 1.21. The predicted molar refractivity (Wildman–Crippen MR) is 101 cm³/mol. The standard InChI is InChI=1S/C19H28N4O4/c1-2-20-19(25)21-15-14-12-26-18(27-14)16(17(15)24)23-10-8-22(9-11-23)13-6-4-3-5-7-13/h3-7,14-18,24H,2,8-12H2,1H3,(H2,20,21,25)/t14-,15-,16+,17-,18+/m0/s1. The van der Waals surface area contributed by atoms with Gasteiger partial charge in [0.05, 0.1) is 24.8 Å². The minimum atomic E-state index is -0.734. The first-order chi connectivity index (χ1) is 13.2. The molecule has 0 aromatic heterocycles. The van der Waals surface area contributed by atoms with Gasteiger partial charge in [-0.15, -0.1) is 0 Å². The molecule has 3 aliphatic heterocycles. The van der Waals surface area contributed by atoms with Crippen molar-refractivity contribution in [3.05, 3.63) is 30.3 Å². The zero-order valence-corrected chi connectivity index (χ0v) is 15.6. The number of para-hydroxylation sites is 1. The van der Waals surface area contributed by atoms with Crippen LogP contribution in [0.25, 0.3) is 0 Å². The number of amides is 2. The van der Waals surface area contributed by atoms with Crippen molar-refractivity contribution < 1.29 is 19.4 Å². The quantitative estimate of drug-likeness (QED) is 0.685. The summed E-state index contributed by atoms with van der Waals surface area (Å²) in [4.78, 5) is 16.5. The van der Waals surface area contributed by atoms with E-state index in [4.69, 9.17) is 9.47 Å². The number of nitrogens with one attached hydrogen (secondary N) is 2. The smallest absolute Gasteiger partial charge is 0.315 e. The second kappa shape index (κ2) is 8.02. The number of rotatable bonds is 4. The van der Waals surface area contributed by atoms with Gasteiger partial charge in [0, 0.05) is 38.4 Å². The molecule has 8 nitrogen and oxygen atoms in total. The van der Waals surface area contributed by atoms with Crippen LogP contribution in [-0.4, -0.2) is 85.9 Å². The molecule has 148 valence electrons. The second-order valence-corrected chi connectivity index (χ2v) is 7.25. The molecule has 5 atom stereocenters. The summed E-state index contributed by atoms with van der Waals surface area (Å²) >= 11 is 0. The normalized spacial score (nSPS) is 33.7. The number of benzene rings is 1. The molecular weight excluding hydrogens is 348 g/mol. The van der Waals surface area contributed by atoms with Crippen molar-refractivity contribution >= 4 is 11.7 Å². The molecule has 0 spiro atoms. The van der Waals surface area contributed by atoms with Gasteiger partial charge in [-0.05, 0) is 19.1 Å². The monoisotopic (exact) mass is 376 g/mol. The highest BCUT2D eigenvalue weighted by Crippen LogP contribution is 2.32. The molecule has 3 aliphatic rings. The van der Waals surface area contributed by atoms with Crippen LogP contribution in [0.5, 0.6) is 0 Å². The zero-order chi connectivity index (χ0) is 18.8. The number of hydrogen-bond donors (Lipinski definition) is 3. The number of aliphatic hydroxyl groups excluding tert-OH is 1. The van der Waals surface area contributed by atoms with Crippen LogP contribution >= 0.6 is 0 Å². The maximum absolute atomic E-state index is 12.0. The SMILES string of the molecule is CCNC(=O)N[C@@H]1[C@H](O)[C@@H](N2CCN(c3ccccc3)CC2)[C@@H]2OC[C@@H]1O2. The van der Waals surface area contributed by atoms with E-state index in [-0.39, 0.29) is 18.2 Å². The molecule has 3 N–H and O–H groups in total. The molecule has 8 heteroatoms. The molecule has 0 radical (unpaired) electrons. The average Bonchev–Trinajstić information content (AvgIpc) is 3.12. The summed E-state index contributed by atoms with van der Waals surface area (Å²) in [5, 5.41) is 16.6. The summed E-state index contributed by atoms with van der Waals surface area (Å²) in [7, 11) is 0. The maximum atomic E-state index is 12.0. The highest BCUT2D eigenvalue weighted by Gasteiger charge is 2.52. The number of fused-ring (bicyclic) bond motifs is 2. The first-order valence-electron chi connectivity index (χ1n) is 9.71. The van der Waals surface area contributed by atoms with Gasteiger partial charge in [0.15, 0.2) is 6.29 Å². The first kappa shape index (κ1) is 18.5. The number of anilines is 1. The van der Waals surface area contributed by atoms with Gasteiger partial charge < -0.3 is 30.1 Å². The molecule has 27 heavy (non-hydrogen) atoms. The summed E-state index contributed by atoms with van der Waals surface area (Å²) in [6.07, 6.45) is -1.49. The molecule has 0 unspecified atom stereocenters. The van der Waals surface area contributed by atoms with Gasteiger partial charge in [-0.1, -0.05) is 18.2 Å². The molecule has 3 heterocycles. The molecular formula is C19H28N4O4. The Labute approximate surface area is 159 Å². The fourth-order valence-corrected chi connectivity index (χ4v) is 4.25. The van der Waals surface area contributed by atoms with Gasteiger partial charge in [0.2, 0.25) is 0 Å². The van der Waals surface area contributed by atoms with Gasteiger partial charge in [0.25, 0.3) is 0 Å². The van der Waals surface area contributed by atoms with E-state index in [2.05, 4.69) is 32.6 Å². The Morgan fingerprint density at radius 1 is 1.22 bits per heavy atom. The van der Waals surface area contributed by atoms with Crippen LogP contribution in [0.4, 0.5) is 10.5 Å². The lowest BCUT2D eigenvalue weighted by atomic mass is 9.94. The number of urea groups is 1.